The van der Waals surface area contributed by atoms with Crippen LogP contribution in [0, 0.1) is 6.92 Å². The molecular weight excluding hydrogens is 379 g/mol. The second kappa shape index (κ2) is 9.12. The third-order valence-electron chi connectivity index (χ3n) is 3.47. The normalized spacial score (nSPS) is 12.0. The highest BCUT2D eigenvalue weighted by atomic mass is 19.4. The van der Waals surface area contributed by atoms with E-state index in [1.54, 1.807) is 12.1 Å². The van der Waals surface area contributed by atoms with Crippen molar-refractivity contribution in [1.82, 2.24) is 0 Å². The van der Waals surface area contributed by atoms with Crippen LogP contribution < -0.4 is 14.8 Å². The number of aryl methyl sites for hydroxylation is 1. The number of amides is 1. The highest BCUT2D eigenvalue weighted by Crippen LogP contribution is 2.24. The van der Waals surface area contributed by atoms with Crippen LogP contribution in [0.4, 0.5) is 18.9 Å². The van der Waals surface area contributed by atoms with Crippen LogP contribution in [0.3, 0.4) is 0 Å². The van der Waals surface area contributed by atoms with Crippen LogP contribution >= 0.6 is 0 Å². The van der Waals surface area contributed by atoms with Crippen LogP contribution in [-0.4, -0.2) is 30.9 Å². The minimum absolute atomic E-state index is 0.221. The van der Waals surface area contributed by atoms with Gasteiger partial charge in [0.15, 0.2) is 12.7 Å². The molecule has 0 aliphatic rings. The molecule has 0 saturated heterocycles. The number of anilines is 1. The van der Waals surface area contributed by atoms with Gasteiger partial charge in [-0.25, -0.2) is 4.79 Å². The first kappa shape index (κ1) is 21.1. The van der Waals surface area contributed by atoms with E-state index < -0.39 is 30.1 Å². The zero-order chi connectivity index (χ0) is 20.7. The Balaban J connectivity index is 1.82. The van der Waals surface area contributed by atoms with Gasteiger partial charge in [-0.1, -0.05) is 18.2 Å². The molecule has 0 aliphatic carbocycles. The lowest BCUT2D eigenvalue weighted by Crippen LogP contribution is -2.31. The van der Waals surface area contributed by atoms with Crippen molar-refractivity contribution in [2.75, 3.05) is 11.9 Å². The second-order valence-corrected chi connectivity index (χ2v) is 5.75. The number of nitrogens with one attached hydrogen (secondary N) is 1. The number of halogens is 3. The molecule has 1 amide bonds. The van der Waals surface area contributed by atoms with E-state index in [1.807, 2.05) is 19.1 Å². The van der Waals surface area contributed by atoms with E-state index >= 15 is 0 Å². The Hall–Kier alpha value is -3.23. The number of rotatable bonds is 7. The van der Waals surface area contributed by atoms with E-state index in [0.717, 1.165) is 17.7 Å². The fourth-order valence-corrected chi connectivity index (χ4v) is 2.12. The molecule has 0 fully saturated rings. The molecule has 2 aromatic rings. The molecule has 0 spiro atoms. The molecule has 6 nitrogen and oxygen atoms in total. The minimum Gasteiger partial charge on any atom is -0.482 e. The van der Waals surface area contributed by atoms with Crippen molar-refractivity contribution >= 4 is 17.6 Å². The number of esters is 1. The maximum absolute atomic E-state index is 12.1. The number of carbonyl (C=O) groups is 2. The van der Waals surface area contributed by atoms with Gasteiger partial charge >= 0.3 is 12.3 Å². The Morgan fingerprint density at radius 2 is 1.71 bits per heavy atom. The summed E-state index contributed by atoms with van der Waals surface area (Å²) in [6.45, 7) is 2.82. The van der Waals surface area contributed by atoms with Crippen molar-refractivity contribution in [2.45, 2.75) is 26.3 Å². The van der Waals surface area contributed by atoms with E-state index in [-0.39, 0.29) is 12.3 Å². The van der Waals surface area contributed by atoms with Gasteiger partial charge < -0.3 is 19.5 Å². The molecule has 28 heavy (non-hydrogen) atoms. The molecule has 0 radical (unpaired) electrons. The first-order valence-corrected chi connectivity index (χ1v) is 8.18. The molecule has 0 aliphatic heterocycles. The van der Waals surface area contributed by atoms with Crippen LogP contribution in [0.2, 0.25) is 0 Å². The summed E-state index contributed by atoms with van der Waals surface area (Å²) in [4.78, 5) is 23.9. The van der Waals surface area contributed by atoms with Crippen molar-refractivity contribution < 1.29 is 37.0 Å². The summed E-state index contributed by atoms with van der Waals surface area (Å²) in [6, 6.07) is 11.7. The first-order valence-electron chi connectivity index (χ1n) is 8.18. The SMILES string of the molecule is Cc1ccccc1OCC(=O)OC(C)C(=O)Nc1ccc(OC(F)(F)F)cc1. The van der Waals surface area contributed by atoms with Crippen molar-refractivity contribution in [2.24, 2.45) is 0 Å². The van der Waals surface area contributed by atoms with Gasteiger partial charge in [0.25, 0.3) is 5.91 Å². The third-order valence-corrected chi connectivity index (χ3v) is 3.47. The molecule has 0 heterocycles. The van der Waals surface area contributed by atoms with Gasteiger partial charge in [0.05, 0.1) is 0 Å². The van der Waals surface area contributed by atoms with E-state index in [1.165, 1.54) is 19.1 Å². The average Bonchev–Trinajstić information content (AvgIpc) is 2.61. The van der Waals surface area contributed by atoms with Crippen LogP contribution in [0.25, 0.3) is 0 Å². The highest BCUT2D eigenvalue weighted by Gasteiger charge is 2.31. The Morgan fingerprint density at radius 1 is 1.07 bits per heavy atom. The predicted octanol–water partition coefficient (Wildman–Crippen LogP) is 3.84. The summed E-state index contributed by atoms with van der Waals surface area (Å²) in [5, 5.41) is 2.43. The Kier molecular flexibility index (Phi) is 6.86. The summed E-state index contributed by atoms with van der Waals surface area (Å²) >= 11 is 0. The first-order chi connectivity index (χ1) is 13.1. The van der Waals surface area contributed by atoms with Gasteiger partial charge in [0.2, 0.25) is 0 Å². The van der Waals surface area contributed by atoms with E-state index in [9.17, 15) is 22.8 Å². The molecule has 0 aromatic heterocycles. The van der Waals surface area contributed by atoms with Crippen molar-refractivity contribution in [3.8, 4) is 11.5 Å². The monoisotopic (exact) mass is 397 g/mol. The molecule has 150 valence electrons. The van der Waals surface area contributed by atoms with Gasteiger partial charge in [-0.15, -0.1) is 13.2 Å². The summed E-state index contributed by atoms with van der Waals surface area (Å²) in [7, 11) is 0. The highest BCUT2D eigenvalue weighted by molar-refractivity contribution is 5.95. The number of carbonyl (C=O) groups excluding carboxylic acids is 2. The van der Waals surface area contributed by atoms with Crippen LogP contribution in [0.1, 0.15) is 12.5 Å². The van der Waals surface area contributed by atoms with E-state index in [2.05, 4.69) is 10.1 Å². The van der Waals surface area contributed by atoms with Gasteiger partial charge in [0, 0.05) is 5.69 Å². The van der Waals surface area contributed by atoms with E-state index in [0.29, 0.717) is 5.75 Å². The number of hydrogen-bond donors (Lipinski definition) is 1. The van der Waals surface area contributed by atoms with Gasteiger partial charge in [-0.05, 0) is 49.7 Å². The zero-order valence-corrected chi connectivity index (χ0v) is 15.1. The molecule has 1 atom stereocenters. The van der Waals surface area contributed by atoms with Gasteiger partial charge in [0.1, 0.15) is 11.5 Å². The zero-order valence-electron chi connectivity index (χ0n) is 15.1. The number of benzene rings is 2. The Labute approximate surface area is 159 Å². The quantitative estimate of drug-likeness (QED) is 0.719. The molecule has 9 heteroatoms. The predicted molar refractivity (Wildman–Crippen MR) is 94.0 cm³/mol. The molecule has 1 N–H and O–H groups in total. The largest absolute Gasteiger partial charge is 0.573 e. The molecular formula is C19H18F3NO5. The second-order valence-electron chi connectivity index (χ2n) is 5.75. The standard InChI is InChI=1S/C19H18F3NO5/c1-12-5-3-4-6-16(12)26-11-17(24)27-13(2)18(25)23-14-7-9-15(10-8-14)28-19(20,21)22/h3-10,13H,11H2,1-2H3,(H,23,25). The summed E-state index contributed by atoms with van der Waals surface area (Å²) in [6.07, 6.45) is -5.92. The summed E-state index contributed by atoms with van der Waals surface area (Å²) in [5.41, 5.74) is 1.07. The molecule has 1 unspecified atom stereocenters. The van der Waals surface area contributed by atoms with Crippen LogP contribution in [-0.2, 0) is 14.3 Å². The molecule has 2 aromatic carbocycles. The van der Waals surface area contributed by atoms with Crippen molar-refractivity contribution in [1.29, 1.82) is 0 Å². The minimum atomic E-state index is -4.80. The number of hydrogen-bond acceptors (Lipinski definition) is 5. The van der Waals surface area contributed by atoms with Crippen LogP contribution in [0.5, 0.6) is 11.5 Å². The third kappa shape index (κ3) is 6.82. The number of alkyl halides is 3. The van der Waals surface area contributed by atoms with E-state index in [4.69, 9.17) is 9.47 Å². The van der Waals surface area contributed by atoms with Gasteiger partial charge in [-0.2, -0.15) is 0 Å². The van der Waals surface area contributed by atoms with Gasteiger partial charge in [-0.3, -0.25) is 4.79 Å². The fraction of sp³-hybridized carbons (Fsp3) is 0.263. The lowest BCUT2D eigenvalue weighted by atomic mass is 10.2. The van der Waals surface area contributed by atoms with Crippen molar-refractivity contribution in [3.63, 3.8) is 0 Å². The Bertz CT molecular complexity index is 821. The maximum atomic E-state index is 12.1. The molecule has 0 bridgehead atoms. The smallest absolute Gasteiger partial charge is 0.482 e. The Morgan fingerprint density at radius 3 is 2.32 bits per heavy atom. The molecule has 0 saturated carbocycles. The molecule has 2 rings (SSSR count). The lowest BCUT2D eigenvalue weighted by Gasteiger charge is -2.15. The summed E-state index contributed by atoms with van der Waals surface area (Å²) in [5.74, 6) is -1.27. The summed E-state index contributed by atoms with van der Waals surface area (Å²) < 4.78 is 50.4. The number of ether oxygens (including phenoxy) is 3. The van der Waals surface area contributed by atoms with Crippen molar-refractivity contribution in [3.05, 3.63) is 54.1 Å². The van der Waals surface area contributed by atoms with Crippen LogP contribution in [0.15, 0.2) is 48.5 Å². The average molecular weight is 397 g/mol. The fourth-order valence-electron chi connectivity index (χ4n) is 2.12. The lowest BCUT2D eigenvalue weighted by molar-refractivity contribution is -0.274. The number of para-hydroxylation sites is 1. The maximum Gasteiger partial charge on any atom is 0.573 e. The topological polar surface area (TPSA) is 73.9 Å².